The summed E-state index contributed by atoms with van der Waals surface area (Å²) in [6.45, 7) is 7.57. The number of halogens is 1. The number of hydrogen-bond donors (Lipinski definition) is 1. The quantitative estimate of drug-likeness (QED) is 0.800. The lowest BCUT2D eigenvalue weighted by Gasteiger charge is -2.21. The first-order valence-corrected chi connectivity index (χ1v) is 5.12. The first-order valence-electron chi connectivity index (χ1n) is 4.74. The molecule has 0 fully saturated rings. The summed E-state index contributed by atoms with van der Waals surface area (Å²) >= 11 is 5.84. The summed E-state index contributed by atoms with van der Waals surface area (Å²) in [5, 5.41) is 3.26. The van der Waals surface area contributed by atoms with Crippen LogP contribution in [-0.2, 0) is 10.2 Å². The number of carbonyl (C=O) groups is 1. The molecule has 0 spiro atoms. The standard InChI is InChI=1S/C11H15ClN2O/c1-7(15)14-9-5-8(12)6-13-10(9)11(2,3)4/h5-6H,1-4H3,(H,14,15). The van der Waals surface area contributed by atoms with Crippen LogP contribution in [0.3, 0.4) is 0 Å². The highest BCUT2D eigenvalue weighted by atomic mass is 35.5. The summed E-state index contributed by atoms with van der Waals surface area (Å²) in [5.41, 5.74) is 1.40. The van der Waals surface area contributed by atoms with Gasteiger partial charge in [0.05, 0.1) is 16.4 Å². The lowest BCUT2D eigenvalue weighted by Crippen LogP contribution is -2.18. The van der Waals surface area contributed by atoms with Crippen LogP contribution >= 0.6 is 11.6 Å². The van der Waals surface area contributed by atoms with Crippen LogP contribution in [0.1, 0.15) is 33.4 Å². The van der Waals surface area contributed by atoms with Gasteiger partial charge in [-0.3, -0.25) is 9.78 Å². The minimum atomic E-state index is -0.123. The second-order valence-electron chi connectivity index (χ2n) is 4.48. The predicted octanol–water partition coefficient (Wildman–Crippen LogP) is 2.99. The molecule has 15 heavy (non-hydrogen) atoms. The zero-order valence-corrected chi connectivity index (χ0v) is 10.1. The van der Waals surface area contributed by atoms with Gasteiger partial charge in [-0.25, -0.2) is 0 Å². The molecule has 3 nitrogen and oxygen atoms in total. The molecule has 1 aromatic rings. The van der Waals surface area contributed by atoms with Crippen molar-refractivity contribution in [2.45, 2.75) is 33.1 Å². The molecular formula is C11H15ClN2O. The zero-order chi connectivity index (χ0) is 11.6. The molecule has 0 aliphatic rings. The maximum Gasteiger partial charge on any atom is 0.221 e. The van der Waals surface area contributed by atoms with E-state index in [4.69, 9.17) is 11.6 Å². The van der Waals surface area contributed by atoms with E-state index < -0.39 is 0 Å². The Morgan fingerprint density at radius 3 is 2.53 bits per heavy atom. The van der Waals surface area contributed by atoms with E-state index >= 15 is 0 Å². The van der Waals surface area contributed by atoms with Crippen LogP contribution in [0.15, 0.2) is 12.3 Å². The van der Waals surface area contributed by atoms with Crippen LogP contribution in [0.25, 0.3) is 0 Å². The molecule has 1 aromatic heterocycles. The molecule has 0 atom stereocenters. The van der Waals surface area contributed by atoms with Gasteiger partial charge >= 0.3 is 0 Å². The molecule has 0 bridgehead atoms. The highest BCUT2D eigenvalue weighted by molar-refractivity contribution is 6.30. The maximum atomic E-state index is 11.0. The molecule has 0 aromatic carbocycles. The third kappa shape index (κ3) is 3.20. The average Bonchev–Trinajstić information content (AvgIpc) is 1.99. The Balaban J connectivity index is 3.20. The fraction of sp³-hybridized carbons (Fsp3) is 0.455. The predicted molar refractivity (Wildman–Crippen MR) is 62.3 cm³/mol. The molecule has 0 unspecified atom stereocenters. The monoisotopic (exact) mass is 226 g/mol. The van der Waals surface area contributed by atoms with E-state index in [2.05, 4.69) is 10.3 Å². The molecule has 1 heterocycles. The second kappa shape index (κ2) is 4.19. The van der Waals surface area contributed by atoms with Crippen LogP contribution in [0, 0.1) is 0 Å². The fourth-order valence-corrected chi connectivity index (χ4v) is 1.48. The minimum absolute atomic E-state index is 0.121. The summed E-state index contributed by atoms with van der Waals surface area (Å²) in [4.78, 5) is 15.3. The number of nitrogens with zero attached hydrogens (tertiary/aromatic N) is 1. The van der Waals surface area contributed by atoms with E-state index in [1.807, 2.05) is 20.8 Å². The van der Waals surface area contributed by atoms with E-state index in [0.29, 0.717) is 10.7 Å². The Bertz CT molecular complexity index is 383. The van der Waals surface area contributed by atoms with Crippen LogP contribution in [-0.4, -0.2) is 10.9 Å². The summed E-state index contributed by atoms with van der Waals surface area (Å²) < 4.78 is 0. The van der Waals surface area contributed by atoms with Crippen molar-refractivity contribution < 1.29 is 4.79 Å². The summed E-state index contributed by atoms with van der Waals surface area (Å²) in [6.07, 6.45) is 1.59. The van der Waals surface area contributed by atoms with Crippen molar-refractivity contribution in [3.8, 4) is 0 Å². The van der Waals surface area contributed by atoms with Crippen molar-refractivity contribution in [2.24, 2.45) is 0 Å². The van der Waals surface area contributed by atoms with E-state index in [1.165, 1.54) is 6.92 Å². The highest BCUT2D eigenvalue weighted by Gasteiger charge is 2.20. The van der Waals surface area contributed by atoms with Crippen LogP contribution in [0.5, 0.6) is 0 Å². The van der Waals surface area contributed by atoms with Crippen LogP contribution in [0.2, 0.25) is 5.02 Å². The van der Waals surface area contributed by atoms with Crippen LogP contribution < -0.4 is 5.32 Å². The van der Waals surface area contributed by atoms with E-state index in [-0.39, 0.29) is 11.3 Å². The zero-order valence-electron chi connectivity index (χ0n) is 9.39. The molecule has 0 radical (unpaired) electrons. The molecular weight excluding hydrogens is 212 g/mol. The molecule has 1 amide bonds. The second-order valence-corrected chi connectivity index (χ2v) is 4.92. The van der Waals surface area contributed by atoms with Gasteiger partial charge < -0.3 is 5.32 Å². The van der Waals surface area contributed by atoms with Crippen LogP contribution in [0.4, 0.5) is 5.69 Å². The average molecular weight is 227 g/mol. The van der Waals surface area contributed by atoms with Crippen molar-refractivity contribution in [2.75, 3.05) is 5.32 Å². The normalized spacial score (nSPS) is 11.3. The number of carbonyl (C=O) groups excluding carboxylic acids is 1. The summed E-state index contributed by atoms with van der Waals surface area (Å²) in [6, 6.07) is 1.72. The van der Waals surface area contributed by atoms with Crippen molar-refractivity contribution in [3.63, 3.8) is 0 Å². The van der Waals surface area contributed by atoms with Gasteiger partial charge in [0, 0.05) is 18.5 Å². The number of aromatic nitrogens is 1. The third-order valence-corrected chi connectivity index (χ3v) is 2.08. The SMILES string of the molecule is CC(=O)Nc1cc(Cl)cnc1C(C)(C)C. The highest BCUT2D eigenvalue weighted by Crippen LogP contribution is 2.29. The Labute approximate surface area is 94.9 Å². The number of rotatable bonds is 1. The Morgan fingerprint density at radius 2 is 2.07 bits per heavy atom. The molecule has 0 aliphatic carbocycles. The van der Waals surface area contributed by atoms with Gasteiger partial charge in [-0.05, 0) is 6.07 Å². The van der Waals surface area contributed by atoms with Gasteiger partial charge in [0.1, 0.15) is 0 Å². The van der Waals surface area contributed by atoms with Gasteiger partial charge in [0.25, 0.3) is 0 Å². The molecule has 0 saturated carbocycles. The number of nitrogens with one attached hydrogen (secondary N) is 1. The number of amides is 1. The van der Waals surface area contributed by atoms with Gasteiger partial charge in [0.2, 0.25) is 5.91 Å². The van der Waals surface area contributed by atoms with E-state index in [0.717, 1.165) is 5.69 Å². The first-order chi connectivity index (χ1) is 6.80. The Hall–Kier alpha value is -1.09. The molecule has 82 valence electrons. The summed E-state index contributed by atoms with van der Waals surface area (Å²) in [5.74, 6) is -0.121. The van der Waals surface area contributed by atoms with Crippen molar-refractivity contribution in [1.29, 1.82) is 0 Å². The number of pyridine rings is 1. The van der Waals surface area contributed by atoms with Crippen molar-refractivity contribution >= 4 is 23.2 Å². The number of anilines is 1. The lowest BCUT2D eigenvalue weighted by molar-refractivity contribution is -0.114. The largest absolute Gasteiger partial charge is 0.325 e. The molecule has 1 rings (SSSR count). The van der Waals surface area contributed by atoms with E-state index in [9.17, 15) is 4.79 Å². The van der Waals surface area contributed by atoms with Crippen molar-refractivity contribution in [3.05, 3.63) is 23.0 Å². The molecule has 0 aliphatic heterocycles. The molecule has 1 N–H and O–H groups in total. The Kier molecular flexibility index (Phi) is 3.35. The van der Waals surface area contributed by atoms with Crippen molar-refractivity contribution in [1.82, 2.24) is 4.98 Å². The minimum Gasteiger partial charge on any atom is -0.325 e. The van der Waals surface area contributed by atoms with Gasteiger partial charge in [-0.2, -0.15) is 0 Å². The number of hydrogen-bond acceptors (Lipinski definition) is 2. The van der Waals surface area contributed by atoms with Gasteiger partial charge in [-0.15, -0.1) is 0 Å². The van der Waals surface area contributed by atoms with E-state index in [1.54, 1.807) is 12.3 Å². The third-order valence-electron chi connectivity index (χ3n) is 1.88. The topological polar surface area (TPSA) is 42.0 Å². The van der Waals surface area contributed by atoms with Gasteiger partial charge in [-0.1, -0.05) is 32.4 Å². The van der Waals surface area contributed by atoms with Gasteiger partial charge in [0.15, 0.2) is 0 Å². The Morgan fingerprint density at radius 1 is 1.47 bits per heavy atom. The summed E-state index contributed by atoms with van der Waals surface area (Å²) in [7, 11) is 0. The lowest BCUT2D eigenvalue weighted by atomic mass is 9.90. The smallest absolute Gasteiger partial charge is 0.221 e. The molecule has 4 heteroatoms. The fourth-order valence-electron chi connectivity index (χ4n) is 1.32. The molecule has 0 saturated heterocycles. The first kappa shape index (κ1) is 12.0. The maximum absolute atomic E-state index is 11.0.